The first kappa shape index (κ1) is 7.71. The molecule has 0 aliphatic rings. The molecule has 0 fully saturated rings. The van der Waals surface area contributed by atoms with Crippen molar-refractivity contribution < 1.29 is 4.79 Å². The third kappa shape index (κ3) is 1.76. The smallest absolute Gasteiger partial charge is 0.235 e. The molecule has 1 rings (SSSR count). The van der Waals surface area contributed by atoms with Gasteiger partial charge < -0.3 is 0 Å². The van der Waals surface area contributed by atoms with Crippen LogP contribution in [-0.2, 0) is 11.2 Å². The Kier molecular flexibility index (Phi) is 2.20. The Balaban J connectivity index is 2.76. The van der Waals surface area contributed by atoms with Crippen molar-refractivity contribution in [1.29, 1.82) is 0 Å². The minimum Gasteiger partial charge on any atom is -0.274 e. The fourth-order valence-electron chi connectivity index (χ4n) is 0.703. The second kappa shape index (κ2) is 3.14. The number of hydrogen-bond donors (Lipinski definition) is 1. The summed E-state index contributed by atoms with van der Waals surface area (Å²) in [6.45, 7) is 3.35. The lowest BCUT2D eigenvalue weighted by molar-refractivity contribution is -0.115. The molecule has 0 aliphatic heterocycles. The van der Waals surface area contributed by atoms with Gasteiger partial charge in [0.2, 0.25) is 12.2 Å². The van der Waals surface area contributed by atoms with Crippen molar-refractivity contribution in [1.82, 2.24) is 14.9 Å². The third-order valence-electron chi connectivity index (χ3n) is 1.15. The van der Waals surface area contributed by atoms with Crippen LogP contribution in [0.1, 0.15) is 19.7 Å². The van der Waals surface area contributed by atoms with Crippen LogP contribution in [0, 0.1) is 6.33 Å². The topological polar surface area (TPSA) is 59.8 Å². The van der Waals surface area contributed by atoms with Gasteiger partial charge in [-0.2, -0.15) is 0 Å². The standard InChI is InChI=1S/C6H9N4O/c1-3-6-8-7-4-10(6)9-5(2)11/h3H2,1-2H3,(H,9,11). The number of nitrogens with one attached hydrogen (secondary N) is 1. The highest BCUT2D eigenvalue weighted by Crippen LogP contribution is 1.90. The highest BCUT2D eigenvalue weighted by molar-refractivity contribution is 5.80. The van der Waals surface area contributed by atoms with Gasteiger partial charge in [-0.1, -0.05) is 6.92 Å². The zero-order chi connectivity index (χ0) is 8.27. The van der Waals surface area contributed by atoms with Crippen LogP contribution in [0.2, 0.25) is 0 Å². The molecular weight excluding hydrogens is 144 g/mol. The molecule has 1 radical (unpaired) electrons. The zero-order valence-corrected chi connectivity index (χ0v) is 6.46. The van der Waals surface area contributed by atoms with Crippen LogP contribution in [0.5, 0.6) is 0 Å². The molecule has 1 heterocycles. The Hall–Kier alpha value is -1.39. The van der Waals surface area contributed by atoms with Crippen molar-refractivity contribution >= 4 is 5.91 Å². The van der Waals surface area contributed by atoms with Gasteiger partial charge in [-0.25, -0.2) is 4.68 Å². The van der Waals surface area contributed by atoms with Crippen molar-refractivity contribution in [3.8, 4) is 0 Å². The predicted octanol–water partition coefficient (Wildman–Crippen LogP) is -0.269. The summed E-state index contributed by atoms with van der Waals surface area (Å²) in [5, 5.41) is 7.25. The van der Waals surface area contributed by atoms with Crippen LogP contribution in [0.15, 0.2) is 0 Å². The molecule has 5 heteroatoms. The lowest BCUT2D eigenvalue weighted by Crippen LogP contribution is -2.21. The van der Waals surface area contributed by atoms with Crippen molar-refractivity contribution in [3.63, 3.8) is 0 Å². The molecule has 1 aromatic heterocycles. The summed E-state index contributed by atoms with van der Waals surface area (Å²) in [5.41, 5.74) is 2.50. The van der Waals surface area contributed by atoms with E-state index in [1.165, 1.54) is 11.6 Å². The molecule has 0 aliphatic carbocycles. The molecule has 0 atom stereocenters. The quantitative estimate of drug-likeness (QED) is 0.636. The number of amides is 1. The molecule has 11 heavy (non-hydrogen) atoms. The van der Waals surface area contributed by atoms with E-state index in [1.807, 2.05) is 6.92 Å². The Morgan fingerprint density at radius 3 is 3.09 bits per heavy atom. The first-order valence-corrected chi connectivity index (χ1v) is 3.33. The average molecular weight is 153 g/mol. The van der Waals surface area contributed by atoms with Gasteiger partial charge in [-0.05, 0) is 0 Å². The number of carbonyl (C=O) groups excluding carboxylic acids is 1. The Morgan fingerprint density at radius 2 is 2.55 bits per heavy atom. The SMILES string of the molecule is CCc1nn[c]n1NC(C)=O. The zero-order valence-electron chi connectivity index (χ0n) is 6.46. The molecule has 0 aromatic carbocycles. The normalized spacial score (nSPS) is 9.64. The van der Waals surface area contributed by atoms with E-state index in [-0.39, 0.29) is 5.91 Å². The van der Waals surface area contributed by atoms with E-state index in [0.717, 1.165) is 6.42 Å². The summed E-state index contributed by atoms with van der Waals surface area (Å²) < 4.78 is 1.39. The van der Waals surface area contributed by atoms with Crippen LogP contribution in [0.3, 0.4) is 0 Å². The number of carbonyl (C=O) groups is 1. The molecule has 0 saturated carbocycles. The summed E-state index contributed by atoms with van der Waals surface area (Å²) >= 11 is 0. The van der Waals surface area contributed by atoms with Crippen LogP contribution in [-0.4, -0.2) is 20.8 Å². The predicted molar refractivity (Wildman–Crippen MR) is 38.3 cm³/mol. The van der Waals surface area contributed by atoms with Crippen molar-refractivity contribution in [2.45, 2.75) is 20.3 Å². The first-order chi connectivity index (χ1) is 5.24. The molecule has 0 saturated heterocycles. The van der Waals surface area contributed by atoms with E-state index in [1.54, 1.807) is 0 Å². The summed E-state index contributed by atoms with van der Waals surface area (Å²) in [4.78, 5) is 10.6. The van der Waals surface area contributed by atoms with Gasteiger partial charge in [0.1, 0.15) is 0 Å². The van der Waals surface area contributed by atoms with Gasteiger partial charge in [-0.15, -0.1) is 10.2 Å². The van der Waals surface area contributed by atoms with E-state index in [4.69, 9.17) is 0 Å². The van der Waals surface area contributed by atoms with E-state index in [9.17, 15) is 4.79 Å². The van der Waals surface area contributed by atoms with Crippen molar-refractivity contribution in [3.05, 3.63) is 12.2 Å². The lowest BCUT2D eigenvalue weighted by Gasteiger charge is -2.02. The van der Waals surface area contributed by atoms with Gasteiger partial charge in [0.05, 0.1) is 0 Å². The van der Waals surface area contributed by atoms with E-state index < -0.39 is 0 Å². The molecule has 1 N–H and O–H groups in total. The average Bonchev–Trinajstić information content (AvgIpc) is 2.34. The highest BCUT2D eigenvalue weighted by atomic mass is 16.2. The lowest BCUT2D eigenvalue weighted by atomic mass is 10.5. The molecule has 0 spiro atoms. The van der Waals surface area contributed by atoms with Crippen molar-refractivity contribution in [2.24, 2.45) is 0 Å². The van der Waals surface area contributed by atoms with Gasteiger partial charge >= 0.3 is 0 Å². The summed E-state index contributed by atoms with van der Waals surface area (Å²) in [7, 11) is 0. The Labute approximate surface area is 64.4 Å². The van der Waals surface area contributed by atoms with E-state index >= 15 is 0 Å². The molecular formula is C6H9N4O. The van der Waals surface area contributed by atoms with Gasteiger partial charge in [0.15, 0.2) is 5.82 Å². The second-order valence-corrected chi connectivity index (χ2v) is 2.07. The molecule has 1 amide bonds. The number of rotatable bonds is 2. The Morgan fingerprint density at radius 1 is 1.82 bits per heavy atom. The van der Waals surface area contributed by atoms with Crippen molar-refractivity contribution in [2.75, 3.05) is 5.43 Å². The van der Waals surface area contributed by atoms with Crippen LogP contribution in [0.25, 0.3) is 0 Å². The fraction of sp³-hybridized carbons (Fsp3) is 0.500. The summed E-state index contributed by atoms with van der Waals surface area (Å²) in [6, 6.07) is 0. The highest BCUT2D eigenvalue weighted by Gasteiger charge is 2.01. The van der Waals surface area contributed by atoms with Gasteiger partial charge in [-0.3, -0.25) is 10.2 Å². The monoisotopic (exact) mass is 153 g/mol. The van der Waals surface area contributed by atoms with Gasteiger partial charge in [0.25, 0.3) is 0 Å². The van der Waals surface area contributed by atoms with Crippen LogP contribution < -0.4 is 5.43 Å². The van der Waals surface area contributed by atoms with Crippen LogP contribution >= 0.6 is 0 Å². The fourth-order valence-corrected chi connectivity index (χ4v) is 0.703. The number of hydrogen-bond acceptors (Lipinski definition) is 3. The van der Waals surface area contributed by atoms with Gasteiger partial charge in [0, 0.05) is 13.3 Å². The summed E-state index contributed by atoms with van der Waals surface area (Å²) in [6.07, 6.45) is 3.23. The second-order valence-electron chi connectivity index (χ2n) is 2.07. The number of aryl methyl sites for hydroxylation is 1. The molecule has 0 unspecified atom stereocenters. The van der Waals surface area contributed by atoms with Crippen LogP contribution in [0.4, 0.5) is 0 Å². The minimum atomic E-state index is -0.157. The number of aromatic nitrogens is 3. The minimum absolute atomic E-state index is 0.157. The molecule has 0 bridgehead atoms. The molecule has 5 nitrogen and oxygen atoms in total. The maximum Gasteiger partial charge on any atom is 0.235 e. The maximum absolute atomic E-state index is 10.6. The third-order valence-corrected chi connectivity index (χ3v) is 1.15. The first-order valence-electron chi connectivity index (χ1n) is 3.33. The summed E-state index contributed by atoms with van der Waals surface area (Å²) in [5.74, 6) is 0.538. The molecule has 1 aromatic rings. The maximum atomic E-state index is 10.6. The van der Waals surface area contributed by atoms with E-state index in [0.29, 0.717) is 5.82 Å². The number of nitrogens with zero attached hydrogens (tertiary/aromatic N) is 3. The Bertz CT molecular complexity index is 255. The molecule has 59 valence electrons. The van der Waals surface area contributed by atoms with E-state index in [2.05, 4.69) is 22.0 Å². The largest absolute Gasteiger partial charge is 0.274 e.